The van der Waals surface area contributed by atoms with E-state index in [-0.39, 0.29) is 11.9 Å². The Hall–Kier alpha value is -1.85. The topological polar surface area (TPSA) is 54.7 Å². The number of fused-ring (bicyclic) bond motifs is 1. The number of nitrogens with one attached hydrogen (secondary N) is 1. The minimum absolute atomic E-state index is 0.173. The third-order valence-electron chi connectivity index (χ3n) is 3.30. The van der Waals surface area contributed by atoms with Crippen LogP contribution < -0.4 is 5.73 Å². The Bertz CT molecular complexity index is 795. The summed E-state index contributed by atoms with van der Waals surface area (Å²) in [6.07, 6.45) is 0. The van der Waals surface area contributed by atoms with Gasteiger partial charge in [0.1, 0.15) is 5.82 Å². The highest BCUT2D eigenvalue weighted by atomic mass is 32.2. The third kappa shape index (κ3) is 2.94. The molecular weight excluding hydrogens is 285 g/mol. The molecule has 3 N–H and O–H groups in total. The number of nitrogens with two attached hydrogens (primary N) is 1. The van der Waals surface area contributed by atoms with Gasteiger partial charge in [-0.15, -0.1) is 0 Å². The summed E-state index contributed by atoms with van der Waals surface area (Å²) in [4.78, 5) is 8.21. The second kappa shape index (κ2) is 5.50. The molecule has 1 unspecified atom stereocenters. The maximum absolute atomic E-state index is 14.1. The fourth-order valence-electron chi connectivity index (χ4n) is 2.14. The number of nitrogens with zero attached hydrogens (tertiary/aromatic N) is 1. The van der Waals surface area contributed by atoms with Gasteiger partial charge in [0.05, 0.1) is 15.9 Å². The van der Waals surface area contributed by atoms with E-state index >= 15 is 0 Å². The number of imidazole rings is 1. The highest BCUT2D eigenvalue weighted by Crippen LogP contribution is 2.30. The van der Waals surface area contributed by atoms with Gasteiger partial charge in [-0.05, 0) is 61.0 Å². The lowest BCUT2D eigenvalue weighted by atomic mass is 10.1. The van der Waals surface area contributed by atoms with Crippen LogP contribution in [-0.4, -0.2) is 9.97 Å². The predicted octanol–water partition coefficient (Wildman–Crippen LogP) is 4.18. The number of halogens is 1. The molecule has 3 rings (SSSR count). The number of H-pyrrole nitrogens is 1. The molecule has 2 aromatic carbocycles. The molecule has 21 heavy (non-hydrogen) atoms. The fourth-order valence-corrected chi connectivity index (χ4v) is 2.94. The van der Waals surface area contributed by atoms with Gasteiger partial charge in [0.25, 0.3) is 0 Å². The third-order valence-corrected chi connectivity index (χ3v) is 4.24. The van der Waals surface area contributed by atoms with Gasteiger partial charge in [-0.2, -0.15) is 0 Å². The van der Waals surface area contributed by atoms with Crippen LogP contribution in [0.25, 0.3) is 11.0 Å². The van der Waals surface area contributed by atoms with E-state index in [1.807, 2.05) is 38.1 Å². The molecule has 0 spiro atoms. The molecule has 5 heteroatoms. The molecule has 0 saturated carbocycles. The summed E-state index contributed by atoms with van der Waals surface area (Å²) in [7, 11) is 0. The van der Waals surface area contributed by atoms with Gasteiger partial charge in [0.2, 0.25) is 0 Å². The van der Waals surface area contributed by atoms with Crippen molar-refractivity contribution in [2.24, 2.45) is 5.73 Å². The van der Waals surface area contributed by atoms with Crippen molar-refractivity contribution in [1.29, 1.82) is 0 Å². The van der Waals surface area contributed by atoms with Crippen LogP contribution in [-0.2, 0) is 0 Å². The van der Waals surface area contributed by atoms with Crippen LogP contribution in [0.4, 0.5) is 4.39 Å². The minimum Gasteiger partial charge on any atom is -0.333 e. The van der Waals surface area contributed by atoms with Crippen molar-refractivity contribution in [2.75, 3.05) is 0 Å². The number of aromatic nitrogens is 2. The molecule has 0 saturated heterocycles. The summed E-state index contributed by atoms with van der Waals surface area (Å²) >= 11 is 1.28. The number of benzene rings is 2. The largest absolute Gasteiger partial charge is 0.333 e. The van der Waals surface area contributed by atoms with Crippen molar-refractivity contribution < 1.29 is 4.39 Å². The number of aryl methyl sites for hydroxylation is 1. The molecule has 0 aliphatic heterocycles. The van der Waals surface area contributed by atoms with E-state index in [2.05, 4.69) is 9.97 Å². The van der Waals surface area contributed by atoms with Crippen molar-refractivity contribution in [3.05, 3.63) is 53.3 Å². The second-order valence-corrected chi connectivity index (χ2v) is 6.17. The summed E-state index contributed by atoms with van der Waals surface area (Å²) in [5.74, 6) is -0.272. The SMILES string of the molecule is Cc1ccc2nc(Sc3ccc(C(C)N)cc3F)[nH]c2c1. The summed E-state index contributed by atoms with van der Waals surface area (Å²) in [6, 6.07) is 10.9. The maximum atomic E-state index is 14.1. The van der Waals surface area contributed by atoms with Gasteiger partial charge in [0, 0.05) is 6.04 Å². The molecule has 1 heterocycles. The van der Waals surface area contributed by atoms with Gasteiger partial charge >= 0.3 is 0 Å². The second-order valence-electron chi connectivity index (χ2n) is 5.14. The minimum atomic E-state index is -0.272. The zero-order valence-electron chi connectivity index (χ0n) is 11.9. The molecule has 0 aliphatic rings. The first-order valence-corrected chi connectivity index (χ1v) is 7.54. The Morgan fingerprint density at radius 2 is 2.05 bits per heavy atom. The Balaban J connectivity index is 1.91. The van der Waals surface area contributed by atoms with Gasteiger partial charge in [-0.25, -0.2) is 9.37 Å². The van der Waals surface area contributed by atoms with Gasteiger partial charge in [0.15, 0.2) is 5.16 Å². The van der Waals surface area contributed by atoms with Gasteiger partial charge < -0.3 is 10.7 Å². The molecule has 3 aromatic rings. The first kappa shape index (κ1) is 14.1. The molecule has 0 bridgehead atoms. The van der Waals surface area contributed by atoms with Gasteiger partial charge in [-0.3, -0.25) is 0 Å². The predicted molar refractivity (Wildman–Crippen MR) is 84.0 cm³/mol. The molecule has 0 fully saturated rings. The number of aromatic amines is 1. The van der Waals surface area contributed by atoms with E-state index in [9.17, 15) is 4.39 Å². The van der Waals surface area contributed by atoms with Crippen LogP contribution in [0, 0.1) is 12.7 Å². The number of hydrogen-bond acceptors (Lipinski definition) is 3. The number of hydrogen-bond donors (Lipinski definition) is 2. The molecule has 0 radical (unpaired) electrons. The lowest BCUT2D eigenvalue weighted by molar-refractivity contribution is 0.596. The van der Waals surface area contributed by atoms with Gasteiger partial charge in [-0.1, -0.05) is 12.1 Å². The Morgan fingerprint density at radius 3 is 2.76 bits per heavy atom. The molecule has 108 valence electrons. The molecule has 1 aromatic heterocycles. The zero-order valence-corrected chi connectivity index (χ0v) is 12.7. The molecular formula is C16H16FN3S. The van der Waals surface area contributed by atoms with E-state index in [1.165, 1.54) is 17.8 Å². The standard InChI is InChI=1S/C16H16FN3S/c1-9-3-5-13-14(7-9)20-16(19-13)21-15-6-4-11(10(2)18)8-12(15)17/h3-8,10H,18H2,1-2H3,(H,19,20). The van der Waals surface area contributed by atoms with Crippen molar-refractivity contribution >= 4 is 22.8 Å². The van der Waals surface area contributed by atoms with Crippen LogP contribution in [0.3, 0.4) is 0 Å². The van der Waals surface area contributed by atoms with Crippen LogP contribution in [0.5, 0.6) is 0 Å². The zero-order chi connectivity index (χ0) is 15.0. The number of rotatable bonds is 3. The monoisotopic (exact) mass is 301 g/mol. The summed E-state index contributed by atoms with van der Waals surface area (Å²) in [5.41, 5.74) is 9.56. The first-order chi connectivity index (χ1) is 10.0. The highest BCUT2D eigenvalue weighted by Gasteiger charge is 2.10. The van der Waals surface area contributed by atoms with E-state index in [1.54, 1.807) is 6.07 Å². The fraction of sp³-hybridized carbons (Fsp3) is 0.188. The molecule has 1 atom stereocenters. The van der Waals surface area contributed by atoms with E-state index in [0.29, 0.717) is 10.1 Å². The Kier molecular flexibility index (Phi) is 3.69. The van der Waals surface area contributed by atoms with Crippen LogP contribution >= 0.6 is 11.8 Å². The van der Waals surface area contributed by atoms with Crippen LogP contribution in [0.15, 0.2) is 46.5 Å². The average Bonchev–Trinajstić information content (AvgIpc) is 2.82. The highest BCUT2D eigenvalue weighted by molar-refractivity contribution is 7.99. The summed E-state index contributed by atoms with van der Waals surface area (Å²) in [6.45, 7) is 3.86. The van der Waals surface area contributed by atoms with Crippen LogP contribution in [0.2, 0.25) is 0 Å². The van der Waals surface area contributed by atoms with Crippen molar-refractivity contribution in [3.63, 3.8) is 0 Å². The Labute approximate surface area is 126 Å². The Morgan fingerprint density at radius 1 is 1.24 bits per heavy atom. The van der Waals surface area contributed by atoms with E-state index in [0.717, 1.165) is 22.2 Å². The van der Waals surface area contributed by atoms with E-state index in [4.69, 9.17) is 5.73 Å². The molecule has 0 aliphatic carbocycles. The smallest absolute Gasteiger partial charge is 0.171 e. The van der Waals surface area contributed by atoms with Crippen molar-refractivity contribution in [2.45, 2.75) is 29.9 Å². The average molecular weight is 301 g/mol. The van der Waals surface area contributed by atoms with Crippen LogP contribution in [0.1, 0.15) is 24.1 Å². The molecule has 3 nitrogen and oxygen atoms in total. The quantitative estimate of drug-likeness (QED) is 0.763. The van der Waals surface area contributed by atoms with Crippen molar-refractivity contribution in [1.82, 2.24) is 9.97 Å². The first-order valence-electron chi connectivity index (χ1n) is 6.72. The maximum Gasteiger partial charge on any atom is 0.171 e. The van der Waals surface area contributed by atoms with Crippen molar-refractivity contribution in [3.8, 4) is 0 Å². The molecule has 0 amide bonds. The normalized spacial score (nSPS) is 12.8. The summed E-state index contributed by atoms with van der Waals surface area (Å²) in [5, 5.41) is 0.683. The summed E-state index contributed by atoms with van der Waals surface area (Å²) < 4.78 is 14.1. The lowest BCUT2D eigenvalue weighted by Crippen LogP contribution is -2.05. The lowest BCUT2D eigenvalue weighted by Gasteiger charge is -2.07. The van der Waals surface area contributed by atoms with E-state index < -0.39 is 0 Å².